The van der Waals surface area contributed by atoms with Crippen LogP contribution in [0.5, 0.6) is 5.75 Å². The fraction of sp³-hybridized carbons (Fsp3) is 0.324. The summed E-state index contributed by atoms with van der Waals surface area (Å²) in [6.07, 6.45) is 4.20. The lowest BCUT2D eigenvalue weighted by molar-refractivity contribution is -0.137. The molecule has 1 aliphatic heterocycles. The number of rotatable bonds is 12. The van der Waals surface area contributed by atoms with Gasteiger partial charge in [-0.2, -0.15) is 5.26 Å². The highest BCUT2D eigenvalue weighted by Crippen LogP contribution is 2.36. The lowest BCUT2D eigenvalue weighted by Crippen LogP contribution is -2.40. The van der Waals surface area contributed by atoms with Crippen LogP contribution in [0.15, 0.2) is 77.7 Å². The van der Waals surface area contributed by atoms with E-state index in [0.717, 1.165) is 42.0 Å². The molecule has 1 amide bonds. The largest absolute Gasteiger partial charge is 0.495 e. The Morgan fingerprint density at radius 3 is 2.44 bits per heavy atom. The molecule has 1 fully saturated rings. The molecule has 11 heteroatoms. The number of fused-ring (bicyclic) bond motifs is 1. The molecule has 8 nitrogen and oxygen atoms in total. The van der Waals surface area contributed by atoms with Gasteiger partial charge in [0, 0.05) is 23.6 Å². The molecule has 1 aliphatic rings. The predicted molar refractivity (Wildman–Crippen MR) is 190 cm³/mol. The first-order chi connectivity index (χ1) is 23.1. The maximum atomic E-state index is 14.4. The Bertz CT molecular complexity index is 1890. The smallest absolute Gasteiger partial charge is 0.323 e. The van der Waals surface area contributed by atoms with Crippen LogP contribution in [-0.4, -0.2) is 77.1 Å². The second kappa shape index (κ2) is 16.0. The number of methoxy groups -OCH3 is 1. The molecule has 1 saturated heterocycles. The van der Waals surface area contributed by atoms with Crippen molar-refractivity contribution in [2.75, 3.05) is 46.1 Å². The van der Waals surface area contributed by atoms with Gasteiger partial charge in [-0.3, -0.25) is 13.8 Å². The first kappa shape index (κ1) is 35.4. The van der Waals surface area contributed by atoms with Crippen molar-refractivity contribution < 1.29 is 23.6 Å². The standard InChI is InChI=1S/C37H37Cl2N3O5S/c1-47-36-28(21-40)19-26-7-3-4-9-30(26)35(36)37(45)42(23-34(43)44)22-27(25-11-12-31(38)32(39)20-25)15-18-41-16-13-24(14-17-41)29-8-5-6-10-33(29)48(2)46/h3-12,19-20,24,27H,13-18,22-23H2,1-2H3,(H,43,44). The summed E-state index contributed by atoms with van der Waals surface area (Å²) >= 11 is 12.7. The van der Waals surface area contributed by atoms with E-state index in [0.29, 0.717) is 39.7 Å². The summed E-state index contributed by atoms with van der Waals surface area (Å²) in [5.74, 6) is -1.55. The van der Waals surface area contributed by atoms with Gasteiger partial charge < -0.3 is 19.6 Å². The number of ether oxygens (including phenoxy) is 1. The number of halogens is 2. The number of likely N-dealkylation sites (tertiary alicyclic amines) is 1. The van der Waals surface area contributed by atoms with Gasteiger partial charge in [0.2, 0.25) is 0 Å². The van der Waals surface area contributed by atoms with E-state index in [1.807, 2.05) is 30.3 Å². The lowest BCUT2D eigenvalue weighted by atomic mass is 9.88. The normalized spacial score (nSPS) is 15.1. The zero-order valence-corrected chi connectivity index (χ0v) is 29.2. The highest BCUT2D eigenvalue weighted by molar-refractivity contribution is 7.84. The summed E-state index contributed by atoms with van der Waals surface area (Å²) in [5.41, 5.74) is 2.33. The quantitative estimate of drug-likeness (QED) is 0.164. The molecule has 5 rings (SSSR count). The summed E-state index contributed by atoms with van der Waals surface area (Å²) in [4.78, 5) is 31.1. The molecule has 0 radical (unpaired) electrons. The number of amides is 1. The number of hydrogen-bond acceptors (Lipinski definition) is 6. The molecular weight excluding hydrogens is 669 g/mol. The fourth-order valence-electron chi connectivity index (χ4n) is 6.66. The molecule has 2 unspecified atom stereocenters. The summed E-state index contributed by atoms with van der Waals surface area (Å²) in [7, 11) is 0.337. The minimum atomic E-state index is -1.16. The molecule has 0 spiro atoms. The Balaban J connectivity index is 1.42. The maximum absolute atomic E-state index is 14.4. The highest BCUT2D eigenvalue weighted by Gasteiger charge is 2.30. The minimum Gasteiger partial charge on any atom is -0.495 e. The Morgan fingerprint density at radius 2 is 1.77 bits per heavy atom. The van der Waals surface area contributed by atoms with Gasteiger partial charge in [-0.15, -0.1) is 0 Å². The summed E-state index contributed by atoms with van der Waals surface area (Å²) in [6, 6.07) is 24.2. The van der Waals surface area contributed by atoms with Gasteiger partial charge in [-0.05, 0) is 91.0 Å². The van der Waals surface area contributed by atoms with E-state index in [4.69, 9.17) is 27.9 Å². The Kier molecular flexibility index (Phi) is 11.8. The number of carbonyl (C=O) groups excluding carboxylic acids is 1. The number of carboxylic acids is 1. The third kappa shape index (κ3) is 8.01. The van der Waals surface area contributed by atoms with Crippen LogP contribution in [0.3, 0.4) is 0 Å². The van der Waals surface area contributed by atoms with Crippen molar-refractivity contribution in [3.63, 3.8) is 0 Å². The topological polar surface area (TPSA) is 111 Å². The number of carbonyl (C=O) groups is 2. The van der Waals surface area contributed by atoms with E-state index in [-0.39, 0.29) is 29.3 Å². The number of carboxylic acid groups (broad SMARTS) is 1. The average molecular weight is 707 g/mol. The zero-order chi connectivity index (χ0) is 34.4. The van der Waals surface area contributed by atoms with Crippen molar-refractivity contribution in [1.29, 1.82) is 5.26 Å². The molecule has 0 bridgehead atoms. The van der Waals surface area contributed by atoms with E-state index in [9.17, 15) is 24.2 Å². The van der Waals surface area contributed by atoms with Crippen LogP contribution in [0.2, 0.25) is 10.0 Å². The van der Waals surface area contributed by atoms with Crippen LogP contribution in [0.25, 0.3) is 10.8 Å². The monoisotopic (exact) mass is 705 g/mol. The zero-order valence-electron chi connectivity index (χ0n) is 26.8. The number of piperidine rings is 1. The molecule has 4 aromatic rings. The van der Waals surface area contributed by atoms with Gasteiger partial charge in [0.1, 0.15) is 18.4 Å². The lowest BCUT2D eigenvalue weighted by Gasteiger charge is -2.34. The van der Waals surface area contributed by atoms with Gasteiger partial charge in [0.05, 0.1) is 39.1 Å². The molecule has 1 N–H and O–H groups in total. The molecule has 0 aliphatic carbocycles. The van der Waals surface area contributed by atoms with Crippen LogP contribution in [-0.2, 0) is 15.6 Å². The van der Waals surface area contributed by atoms with Gasteiger partial charge in [0.25, 0.3) is 5.91 Å². The Labute approximate surface area is 293 Å². The van der Waals surface area contributed by atoms with Crippen molar-refractivity contribution in [2.24, 2.45) is 0 Å². The summed E-state index contributed by atoms with van der Waals surface area (Å²) < 4.78 is 17.9. The number of nitrogens with zero attached hydrogens (tertiary/aromatic N) is 3. The third-order valence-corrected chi connectivity index (χ3v) is 10.8. The maximum Gasteiger partial charge on any atom is 0.323 e. The third-order valence-electron chi connectivity index (χ3n) is 9.06. The van der Waals surface area contributed by atoms with Crippen molar-refractivity contribution >= 4 is 56.7 Å². The molecule has 0 saturated carbocycles. The average Bonchev–Trinajstić information content (AvgIpc) is 3.09. The van der Waals surface area contributed by atoms with E-state index in [1.54, 1.807) is 42.7 Å². The minimum absolute atomic E-state index is 0.0868. The van der Waals surface area contributed by atoms with Crippen molar-refractivity contribution in [3.05, 3.63) is 105 Å². The number of aliphatic carboxylic acids is 1. The Hall–Kier alpha value is -3.94. The fourth-order valence-corrected chi connectivity index (χ4v) is 7.80. The van der Waals surface area contributed by atoms with E-state index in [1.165, 1.54) is 12.0 Å². The molecule has 1 heterocycles. The first-order valence-electron chi connectivity index (χ1n) is 15.7. The molecule has 250 valence electrons. The summed E-state index contributed by atoms with van der Waals surface area (Å²) in [5, 5.41) is 21.8. The van der Waals surface area contributed by atoms with Crippen LogP contribution in [0.4, 0.5) is 0 Å². The van der Waals surface area contributed by atoms with Crippen molar-refractivity contribution in [1.82, 2.24) is 9.80 Å². The number of hydrogen-bond donors (Lipinski definition) is 1. The molecule has 48 heavy (non-hydrogen) atoms. The molecule has 0 aromatic heterocycles. The van der Waals surface area contributed by atoms with Crippen molar-refractivity contribution in [3.8, 4) is 11.8 Å². The molecule has 4 aromatic carbocycles. The molecule has 2 atom stereocenters. The number of benzene rings is 4. The van der Waals surface area contributed by atoms with Gasteiger partial charge in [-0.25, -0.2) is 0 Å². The van der Waals surface area contributed by atoms with Crippen LogP contribution in [0, 0.1) is 11.3 Å². The van der Waals surface area contributed by atoms with Gasteiger partial charge >= 0.3 is 5.97 Å². The van der Waals surface area contributed by atoms with Crippen molar-refractivity contribution in [2.45, 2.75) is 36.0 Å². The predicted octanol–water partition coefficient (Wildman–Crippen LogP) is 7.34. The first-order valence-corrected chi connectivity index (χ1v) is 18.0. The number of nitriles is 1. The second-order valence-corrected chi connectivity index (χ2v) is 14.2. The Morgan fingerprint density at radius 1 is 1.06 bits per heavy atom. The van der Waals surface area contributed by atoms with Crippen LogP contribution in [0.1, 0.15) is 58.1 Å². The van der Waals surface area contributed by atoms with E-state index in [2.05, 4.69) is 17.0 Å². The van der Waals surface area contributed by atoms with E-state index >= 15 is 0 Å². The summed E-state index contributed by atoms with van der Waals surface area (Å²) in [6.45, 7) is 1.96. The van der Waals surface area contributed by atoms with Crippen LogP contribution >= 0.6 is 23.2 Å². The van der Waals surface area contributed by atoms with E-state index < -0.39 is 29.2 Å². The highest BCUT2D eigenvalue weighted by atomic mass is 35.5. The van der Waals surface area contributed by atoms with Gasteiger partial charge in [-0.1, -0.05) is 71.7 Å². The SMILES string of the molecule is COc1c(C#N)cc2ccccc2c1C(=O)N(CC(=O)O)CC(CCN1CCC(c2ccccc2S(C)=O)CC1)c1ccc(Cl)c(Cl)c1. The second-order valence-electron chi connectivity index (χ2n) is 12.0. The molecular formula is C37H37Cl2N3O5S. The van der Waals surface area contributed by atoms with Gasteiger partial charge in [0.15, 0.2) is 0 Å². The van der Waals surface area contributed by atoms with Crippen LogP contribution < -0.4 is 4.74 Å².